The third kappa shape index (κ3) is 3.46. The van der Waals surface area contributed by atoms with Gasteiger partial charge in [-0.2, -0.15) is 4.98 Å². The van der Waals surface area contributed by atoms with Crippen LogP contribution in [0.15, 0.2) is 6.07 Å². The number of nitrogens with zero attached hydrogens (tertiary/aromatic N) is 2. The van der Waals surface area contributed by atoms with E-state index >= 15 is 0 Å². The maximum atomic E-state index is 10.5. The Labute approximate surface area is 112 Å². The second kappa shape index (κ2) is 5.28. The first-order valence-corrected chi connectivity index (χ1v) is 6.61. The van der Waals surface area contributed by atoms with Crippen molar-refractivity contribution in [1.29, 1.82) is 0 Å². The molecule has 0 amide bonds. The average Bonchev–Trinajstić information content (AvgIpc) is 2.25. The number of nitrogens with two attached hydrogens (primary N) is 1. The summed E-state index contributed by atoms with van der Waals surface area (Å²) in [4.78, 5) is 7.82. The van der Waals surface area contributed by atoms with E-state index in [-0.39, 0.29) is 5.95 Å². The van der Waals surface area contributed by atoms with Crippen molar-refractivity contribution < 1.29 is 5.11 Å². The van der Waals surface area contributed by atoms with Gasteiger partial charge in [-0.3, -0.25) is 0 Å². The second-order valence-electron chi connectivity index (χ2n) is 5.21. The minimum atomic E-state index is -0.663. The largest absolute Gasteiger partial charge is 0.388 e. The van der Waals surface area contributed by atoms with Crippen molar-refractivity contribution in [3.8, 4) is 0 Å². The average molecular weight is 271 g/mol. The molecule has 1 aromatic heterocycles. The van der Waals surface area contributed by atoms with Crippen molar-refractivity contribution in [1.82, 2.24) is 9.97 Å². The zero-order valence-electron chi connectivity index (χ0n) is 10.5. The van der Waals surface area contributed by atoms with Crippen LogP contribution in [0.1, 0.15) is 32.6 Å². The van der Waals surface area contributed by atoms with Crippen molar-refractivity contribution in [2.75, 3.05) is 17.6 Å². The summed E-state index contributed by atoms with van der Waals surface area (Å²) in [5.74, 6) is 1.25. The molecular weight excluding hydrogens is 252 g/mol. The number of hydrogen-bond acceptors (Lipinski definition) is 5. The van der Waals surface area contributed by atoms with E-state index in [0.717, 1.165) is 19.3 Å². The Balaban J connectivity index is 1.98. The van der Waals surface area contributed by atoms with Gasteiger partial charge in [0.2, 0.25) is 5.95 Å². The molecule has 2 atom stereocenters. The lowest BCUT2D eigenvalue weighted by molar-refractivity contribution is -0.000827. The molecule has 5 nitrogen and oxygen atoms in total. The molecule has 2 rings (SSSR count). The van der Waals surface area contributed by atoms with Crippen LogP contribution in [0.4, 0.5) is 11.8 Å². The SMILES string of the molecule is CC1CCCC(O)(CNc2cc(Cl)nc(N)n2)C1. The smallest absolute Gasteiger partial charge is 0.223 e. The highest BCUT2D eigenvalue weighted by Crippen LogP contribution is 2.32. The first kappa shape index (κ1) is 13.4. The molecule has 100 valence electrons. The van der Waals surface area contributed by atoms with Gasteiger partial charge in [-0.1, -0.05) is 31.4 Å². The summed E-state index contributed by atoms with van der Waals surface area (Å²) < 4.78 is 0. The van der Waals surface area contributed by atoms with Crippen molar-refractivity contribution in [3.05, 3.63) is 11.2 Å². The van der Waals surface area contributed by atoms with Gasteiger partial charge in [0.15, 0.2) is 0 Å². The molecule has 0 aromatic carbocycles. The van der Waals surface area contributed by atoms with Gasteiger partial charge in [-0.15, -0.1) is 0 Å². The van der Waals surface area contributed by atoms with Crippen LogP contribution < -0.4 is 11.1 Å². The summed E-state index contributed by atoms with van der Waals surface area (Å²) >= 11 is 5.80. The molecular formula is C12H19ClN4O. The number of nitrogens with one attached hydrogen (secondary N) is 1. The fraction of sp³-hybridized carbons (Fsp3) is 0.667. The van der Waals surface area contributed by atoms with Gasteiger partial charge in [0, 0.05) is 12.6 Å². The van der Waals surface area contributed by atoms with Gasteiger partial charge >= 0.3 is 0 Å². The molecule has 4 N–H and O–H groups in total. The number of halogens is 1. The number of aromatic nitrogens is 2. The number of rotatable bonds is 3. The van der Waals surface area contributed by atoms with Gasteiger partial charge < -0.3 is 16.2 Å². The highest BCUT2D eigenvalue weighted by molar-refractivity contribution is 6.29. The Hall–Kier alpha value is -1.07. The first-order chi connectivity index (χ1) is 8.47. The Kier molecular flexibility index (Phi) is 3.92. The van der Waals surface area contributed by atoms with E-state index in [2.05, 4.69) is 22.2 Å². The van der Waals surface area contributed by atoms with Gasteiger partial charge in [-0.25, -0.2) is 4.98 Å². The van der Waals surface area contributed by atoms with E-state index in [9.17, 15) is 5.11 Å². The first-order valence-electron chi connectivity index (χ1n) is 6.23. The minimum absolute atomic E-state index is 0.133. The van der Waals surface area contributed by atoms with Crippen molar-refractivity contribution in [3.63, 3.8) is 0 Å². The molecule has 1 heterocycles. The monoisotopic (exact) mass is 270 g/mol. The van der Waals surface area contributed by atoms with Gasteiger partial charge in [0.1, 0.15) is 11.0 Å². The van der Waals surface area contributed by atoms with E-state index in [4.69, 9.17) is 17.3 Å². The molecule has 1 aliphatic rings. The topological polar surface area (TPSA) is 84.1 Å². The number of anilines is 2. The Morgan fingerprint density at radius 3 is 3.06 bits per heavy atom. The molecule has 1 aromatic rings. The van der Waals surface area contributed by atoms with Gasteiger partial charge in [-0.05, 0) is 18.8 Å². The summed E-state index contributed by atoms with van der Waals surface area (Å²) in [7, 11) is 0. The Bertz CT molecular complexity index is 408. The van der Waals surface area contributed by atoms with Crippen molar-refractivity contribution in [2.24, 2.45) is 5.92 Å². The molecule has 0 bridgehead atoms. The van der Waals surface area contributed by atoms with Crippen molar-refractivity contribution in [2.45, 2.75) is 38.2 Å². The highest BCUT2D eigenvalue weighted by Gasteiger charge is 2.32. The summed E-state index contributed by atoms with van der Waals surface area (Å²) in [6.07, 6.45) is 3.88. The fourth-order valence-electron chi connectivity index (χ4n) is 2.57. The second-order valence-corrected chi connectivity index (χ2v) is 5.60. The number of nitrogen functional groups attached to an aromatic ring is 1. The number of aliphatic hydroxyl groups is 1. The quantitative estimate of drug-likeness (QED) is 0.732. The molecule has 1 aliphatic carbocycles. The normalized spacial score (nSPS) is 28.1. The predicted octanol–water partition coefficient (Wildman–Crippen LogP) is 2.07. The lowest BCUT2D eigenvalue weighted by atomic mass is 9.79. The van der Waals surface area contributed by atoms with E-state index in [0.29, 0.717) is 23.4 Å². The van der Waals surface area contributed by atoms with E-state index in [1.165, 1.54) is 6.42 Å². The molecule has 0 radical (unpaired) electrons. The lowest BCUT2D eigenvalue weighted by Gasteiger charge is -2.35. The predicted molar refractivity (Wildman–Crippen MR) is 72.5 cm³/mol. The molecule has 2 unspecified atom stereocenters. The molecule has 0 aliphatic heterocycles. The molecule has 6 heteroatoms. The third-order valence-corrected chi connectivity index (χ3v) is 3.57. The van der Waals surface area contributed by atoms with Crippen LogP contribution in [0.25, 0.3) is 0 Å². The van der Waals surface area contributed by atoms with Crippen LogP contribution in [-0.2, 0) is 0 Å². The van der Waals surface area contributed by atoms with Crippen LogP contribution in [0, 0.1) is 5.92 Å². The fourth-order valence-corrected chi connectivity index (χ4v) is 2.76. The zero-order valence-corrected chi connectivity index (χ0v) is 11.2. The summed E-state index contributed by atoms with van der Waals surface area (Å²) in [5, 5.41) is 13.9. The highest BCUT2D eigenvalue weighted by atomic mass is 35.5. The summed E-state index contributed by atoms with van der Waals surface area (Å²) in [5.41, 5.74) is 4.85. The summed E-state index contributed by atoms with van der Waals surface area (Å²) in [6.45, 7) is 2.63. The molecule has 18 heavy (non-hydrogen) atoms. The zero-order chi connectivity index (χ0) is 13.2. The molecule has 0 spiro atoms. The van der Waals surface area contributed by atoms with Crippen LogP contribution in [0.2, 0.25) is 5.15 Å². The van der Waals surface area contributed by atoms with Crippen molar-refractivity contribution >= 4 is 23.4 Å². The van der Waals surface area contributed by atoms with Gasteiger partial charge in [0.25, 0.3) is 0 Å². The van der Waals surface area contributed by atoms with Gasteiger partial charge in [0.05, 0.1) is 5.60 Å². The Morgan fingerprint density at radius 2 is 2.39 bits per heavy atom. The standard InChI is InChI=1S/C12H19ClN4O/c1-8-3-2-4-12(18,6-8)7-15-10-5-9(13)16-11(14)17-10/h5,8,18H,2-4,6-7H2,1H3,(H3,14,15,16,17). The Morgan fingerprint density at radius 1 is 1.61 bits per heavy atom. The molecule has 1 saturated carbocycles. The van der Waals surface area contributed by atoms with Crippen LogP contribution in [0.5, 0.6) is 0 Å². The summed E-state index contributed by atoms with van der Waals surface area (Å²) in [6, 6.07) is 1.60. The maximum Gasteiger partial charge on any atom is 0.223 e. The minimum Gasteiger partial charge on any atom is -0.388 e. The van der Waals surface area contributed by atoms with Crippen LogP contribution >= 0.6 is 11.6 Å². The number of hydrogen-bond donors (Lipinski definition) is 3. The van der Waals surface area contributed by atoms with E-state index in [1.807, 2.05) is 0 Å². The van der Waals surface area contributed by atoms with Crippen LogP contribution in [0.3, 0.4) is 0 Å². The van der Waals surface area contributed by atoms with E-state index < -0.39 is 5.60 Å². The lowest BCUT2D eigenvalue weighted by Crippen LogP contribution is -2.41. The van der Waals surface area contributed by atoms with E-state index in [1.54, 1.807) is 6.07 Å². The maximum absolute atomic E-state index is 10.5. The molecule has 1 fully saturated rings. The van der Waals surface area contributed by atoms with Crippen LogP contribution in [-0.4, -0.2) is 27.2 Å². The third-order valence-electron chi connectivity index (χ3n) is 3.38. The molecule has 0 saturated heterocycles.